The molecule has 0 saturated carbocycles. The first-order valence-corrected chi connectivity index (χ1v) is 10.3. The van der Waals surface area contributed by atoms with Gasteiger partial charge in [-0.15, -0.1) is 0 Å². The average Bonchev–Trinajstić information content (AvgIpc) is 3.21. The average molecular weight is 460 g/mol. The molecule has 1 atom stereocenters. The molecule has 11 nitrogen and oxygen atoms in total. The van der Waals surface area contributed by atoms with Gasteiger partial charge in [0.25, 0.3) is 5.91 Å². The van der Waals surface area contributed by atoms with Crippen LogP contribution in [0.15, 0.2) is 36.4 Å². The summed E-state index contributed by atoms with van der Waals surface area (Å²) in [4.78, 5) is 48.0. The van der Waals surface area contributed by atoms with Crippen LogP contribution in [0.5, 0.6) is 0 Å². The molecule has 0 unspecified atom stereocenters. The fourth-order valence-corrected chi connectivity index (χ4v) is 2.69. The first-order chi connectivity index (χ1) is 15.5. The largest absolute Gasteiger partial charge is 0.468 e. The Morgan fingerprint density at radius 3 is 2.33 bits per heavy atom. The van der Waals surface area contributed by atoms with E-state index >= 15 is 0 Å². The molecule has 3 amide bonds. The standard InChI is InChI=1S/C22H29N5O6/c1-14(25-18(28)12-24-21(31)33-22(2,3)4)16-11-17(20(30)23-13-19(29)32-5)27(26-16)15-9-7-6-8-10-15/h6-11,14H,12-13H2,1-5H3,(H,23,30)(H,24,31)(H,25,28)/t14-/m0/s1. The van der Waals surface area contributed by atoms with Crippen LogP contribution < -0.4 is 16.0 Å². The van der Waals surface area contributed by atoms with Gasteiger partial charge >= 0.3 is 12.1 Å². The number of alkyl carbamates (subject to hydrolysis) is 1. The van der Waals surface area contributed by atoms with Crippen molar-refractivity contribution in [2.75, 3.05) is 20.2 Å². The van der Waals surface area contributed by atoms with Crippen LogP contribution in [0.2, 0.25) is 0 Å². The SMILES string of the molecule is COC(=O)CNC(=O)c1cc([C@H](C)NC(=O)CNC(=O)OC(C)(C)C)nn1-c1ccccc1. The number of nitrogens with one attached hydrogen (secondary N) is 3. The van der Waals surface area contributed by atoms with Crippen molar-refractivity contribution in [3.05, 3.63) is 47.8 Å². The van der Waals surface area contributed by atoms with E-state index in [-0.39, 0.29) is 18.8 Å². The number of hydrogen-bond acceptors (Lipinski definition) is 7. The van der Waals surface area contributed by atoms with Gasteiger partial charge in [0.1, 0.15) is 24.4 Å². The molecule has 0 aliphatic carbocycles. The predicted octanol–water partition coefficient (Wildman–Crippen LogP) is 1.48. The second-order valence-electron chi connectivity index (χ2n) is 8.11. The van der Waals surface area contributed by atoms with Crippen molar-refractivity contribution in [2.24, 2.45) is 0 Å². The number of amides is 3. The Morgan fingerprint density at radius 2 is 1.73 bits per heavy atom. The molecule has 2 aromatic rings. The van der Waals surface area contributed by atoms with Gasteiger partial charge in [-0.05, 0) is 45.9 Å². The molecule has 1 heterocycles. The number of rotatable bonds is 8. The molecule has 11 heteroatoms. The molecule has 0 radical (unpaired) electrons. The van der Waals surface area contributed by atoms with Crippen molar-refractivity contribution in [3.63, 3.8) is 0 Å². The Hall–Kier alpha value is -3.89. The molecule has 0 fully saturated rings. The minimum Gasteiger partial charge on any atom is -0.468 e. The van der Waals surface area contributed by atoms with Crippen molar-refractivity contribution < 1.29 is 28.7 Å². The van der Waals surface area contributed by atoms with Crippen LogP contribution in [0.3, 0.4) is 0 Å². The molecule has 1 aromatic carbocycles. The Morgan fingerprint density at radius 1 is 1.06 bits per heavy atom. The minimum absolute atomic E-state index is 0.174. The van der Waals surface area contributed by atoms with Crippen LogP contribution in [0.4, 0.5) is 4.79 Å². The fourth-order valence-electron chi connectivity index (χ4n) is 2.69. The summed E-state index contributed by atoms with van der Waals surface area (Å²) in [6.45, 7) is 6.27. The maximum absolute atomic E-state index is 12.7. The van der Waals surface area contributed by atoms with Crippen LogP contribution in [0.25, 0.3) is 5.69 Å². The van der Waals surface area contributed by atoms with E-state index in [2.05, 4.69) is 25.8 Å². The lowest BCUT2D eigenvalue weighted by molar-refractivity contribution is -0.139. The van der Waals surface area contributed by atoms with E-state index in [1.165, 1.54) is 17.9 Å². The van der Waals surface area contributed by atoms with Crippen LogP contribution in [0.1, 0.15) is 49.9 Å². The minimum atomic E-state index is -0.705. The number of hydrogen-bond donors (Lipinski definition) is 3. The normalized spacial score (nSPS) is 11.8. The lowest BCUT2D eigenvalue weighted by Gasteiger charge is -2.19. The second-order valence-corrected chi connectivity index (χ2v) is 8.11. The van der Waals surface area contributed by atoms with E-state index in [0.29, 0.717) is 11.4 Å². The zero-order chi connectivity index (χ0) is 24.6. The van der Waals surface area contributed by atoms with E-state index in [0.717, 1.165) is 0 Å². The second kappa shape index (κ2) is 11.1. The third-order valence-corrected chi connectivity index (χ3v) is 4.20. The summed E-state index contributed by atoms with van der Waals surface area (Å²) in [5.74, 6) is -1.58. The van der Waals surface area contributed by atoms with Crippen molar-refractivity contribution >= 4 is 23.9 Å². The maximum atomic E-state index is 12.7. The summed E-state index contributed by atoms with van der Waals surface area (Å²) >= 11 is 0. The number of benzene rings is 1. The molecular formula is C22H29N5O6. The molecule has 3 N–H and O–H groups in total. The van der Waals surface area contributed by atoms with E-state index in [9.17, 15) is 19.2 Å². The van der Waals surface area contributed by atoms with E-state index in [4.69, 9.17) is 4.74 Å². The van der Waals surface area contributed by atoms with Gasteiger partial charge in [-0.2, -0.15) is 5.10 Å². The van der Waals surface area contributed by atoms with Gasteiger partial charge in [-0.25, -0.2) is 9.48 Å². The summed E-state index contributed by atoms with van der Waals surface area (Å²) in [7, 11) is 1.23. The van der Waals surface area contributed by atoms with Crippen molar-refractivity contribution in [2.45, 2.75) is 39.3 Å². The molecule has 2 rings (SSSR count). The number of para-hydroxylation sites is 1. The fraction of sp³-hybridized carbons (Fsp3) is 0.409. The van der Waals surface area contributed by atoms with Gasteiger partial charge < -0.3 is 25.4 Å². The monoisotopic (exact) mass is 459 g/mol. The van der Waals surface area contributed by atoms with Gasteiger partial charge in [0.2, 0.25) is 5.91 Å². The Kier molecular flexibility index (Phi) is 8.55. The highest BCUT2D eigenvalue weighted by atomic mass is 16.6. The first kappa shape index (κ1) is 25.4. The molecular weight excluding hydrogens is 430 g/mol. The maximum Gasteiger partial charge on any atom is 0.408 e. The topological polar surface area (TPSA) is 141 Å². The first-order valence-electron chi connectivity index (χ1n) is 10.3. The summed E-state index contributed by atoms with van der Waals surface area (Å²) < 4.78 is 11.1. The number of nitrogens with zero attached hydrogens (tertiary/aromatic N) is 2. The van der Waals surface area contributed by atoms with Gasteiger partial charge in [0.15, 0.2) is 0 Å². The molecule has 0 aliphatic heterocycles. The third-order valence-electron chi connectivity index (χ3n) is 4.20. The van der Waals surface area contributed by atoms with E-state index in [1.54, 1.807) is 52.0 Å². The lowest BCUT2D eigenvalue weighted by Crippen LogP contribution is -2.40. The van der Waals surface area contributed by atoms with Gasteiger partial charge in [-0.1, -0.05) is 18.2 Å². The lowest BCUT2D eigenvalue weighted by atomic mass is 10.2. The summed E-state index contributed by atoms with van der Waals surface area (Å²) in [6, 6.07) is 9.89. The summed E-state index contributed by atoms with van der Waals surface area (Å²) in [6.07, 6.45) is -0.705. The number of carbonyl (C=O) groups is 4. The summed E-state index contributed by atoms with van der Waals surface area (Å²) in [5.41, 5.74) is 0.529. The number of ether oxygens (including phenoxy) is 2. The predicted molar refractivity (Wildman–Crippen MR) is 119 cm³/mol. The zero-order valence-corrected chi connectivity index (χ0v) is 19.3. The Balaban J connectivity index is 2.13. The third kappa shape index (κ3) is 7.95. The molecule has 0 saturated heterocycles. The number of esters is 1. The van der Waals surface area contributed by atoms with Crippen LogP contribution in [-0.2, 0) is 19.1 Å². The van der Waals surface area contributed by atoms with Crippen LogP contribution in [-0.4, -0.2) is 59.5 Å². The smallest absolute Gasteiger partial charge is 0.408 e. The van der Waals surface area contributed by atoms with Crippen molar-refractivity contribution in [1.82, 2.24) is 25.7 Å². The van der Waals surface area contributed by atoms with E-state index in [1.807, 2.05) is 6.07 Å². The van der Waals surface area contributed by atoms with E-state index < -0.39 is 35.5 Å². The van der Waals surface area contributed by atoms with Gasteiger partial charge in [0.05, 0.1) is 24.5 Å². The quantitative estimate of drug-likeness (QED) is 0.508. The van der Waals surface area contributed by atoms with Crippen LogP contribution >= 0.6 is 0 Å². The number of carbonyl (C=O) groups excluding carboxylic acids is 4. The molecule has 178 valence electrons. The van der Waals surface area contributed by atoms with Gasteiger partial charge in [-0.3, -0.25) is 14.4 Å². The Labute approximate surface area is 191 Å². The molecule has 1 aromatic heterocycles. The zero-order valence-electron chi connectivity index (χ0n) is 19.3. The van der Waals surface area contributed by atoms with Crippen molar-refractivity contribution in [1.29, 1.82) is 0 Å². The van der Waals surface area contributed by atoms with Crippen LogP contribution in [0, 0.1) is 0 Å². The molecule has 33 heavy (non-hydrogen) atoms. The number of aromatic nitrogens is 2. The highest BCUT2D eigenvalue weighted by Gasteiger charge is 2.22. The van der Waals surface area contributed by atoms with Gasteiger partial charge in [0, 0.05) is 0 Å². The molecule has 0 bridgehead atoms. The highest BCUT2D eigenvalue weighted by Crippen LogP contribution is 2.17. The molecule has 0 spiro atoms. The number of methoxy groups -OCH3 is 1. The molecule has 0 aliphatic rings. The summed E-state index contributed by atoms with van der Waals surface area (Å²) in [5, 5.41) is 12.0. The Bertz CT molecular complexity index is 996. The highest BCUT2D eigenvalue weighted by molar-refractivity contribution is 5.95. The van der Waals surface area contributed by atoms with Crippen molar-refractivity contribution in [3.8, 4) is 5.69 Å².